The molecule has 166 valence electrons. The summed E-state index contributed by atoms with van der Waals surface area (Å²) in [5, 5.41) is 4.31. The van der Waals surface area contributed by atoms with E-state index in [1.165, 1.54) is 7.11 Å². The number of methoxy groups -OCH3 is 2. The zero-order chi connectivity index (χ0) is 23.1. The molecule has 3 rings (SSSR count). The Bertz CT molecular complexity index is 1120. The molecule has 2 aromatic heterocycles. The molecule has 0 aliphatic rings. The van der Waals surface area contributed by atoms with Gasteiger partial charge >= 0.3 is 0 Å². The Labute approximate surface area is 186 Å². The van der Waals surface area contributed by atoms with Gasteiger partial charge < -0.3 is 19.9 Å². The van der Waals surface area contributed by atoms with Crippen molar-refractivity contribution in [1.29, 1.82) is 0 Å². The van der Waals surface area contributed by atoms with Crippen molar-refractivity contribution in [3.63, 3.8) is 0 Å². The van der Waals surface area contributed by atoms with Gasteiger partial charge in [0.15, 0.2) is 0 Å². The number of aliphatic imine (C=N–C) groups is 1. The van der Waals surface area contributed by atoms with Crippen LogP contribution >= 0.6 is 0 Å². The van der Waals surface area contributed by atoms with Crippen molar-refractivity contribution < 1.29 is 19.0 Å². The van der Waals surface area contributed by atoms with Gasteiger partial charge in [-0.25, -0.2) is 9.98 Å². The largest absolute Gasteiger partial charge is 0.486 e. The van der Waals surface area contributed by atoms with Gasteiger partial charge in [0.1, 0.15) is 12.4 Å². The minimum Gasteiger partial charge on any atom is -0.486 e. The molecule has 0 fully saturated rings. The number of carbonyl (C=O) groups is 1. The highest BCUT2D eigenvalue weighted by molar-refractivity contribution is 5.98. The van der Waals surface area contributed by atoms with E-state index in [2.05, 4.69) is 21.7 Å². The fraction of sp³-hybridized carbons (Fsp3) is 0.217. The highest BCUT2D eigenvalue weighted by Gasteiger charge is 2.17. The van der Waals surface area contributed by atoms with Crippen molar-refractivity contribution in [2.75, 3.05) is 14.2 Å². The number of pyridine rings is 1. The van der Waals surface area contributed by atoms with Crippen LogP contribution in [0.2, 0.25) is 0 Å². The Morgan fingerprint density at radius 3 is 2.50 bits per heavy atom. The van der Waals surface area contributed by atoms with Gasteiger partial charge in [-0.3, -0.25) is 9.48 Å². The Morgan fingerprint density at radius 2 is 1.91 bits per heavy atom. The molecule has 32 heavy (non-hydrogen) atoms. The lowest BCUT2D eigenvalue weighted by atomic mass is 10.1. The van der Waals surface area contributed by atoms with Crippen molar-refractivity contribution in [3.8, 4) is 11.6 Å². The molecule has 3 aromatic rings. The molecule has 9 heteroatoms. The summed E-state index contributed by atoms with van der Waals surface area (Å²) in [7, 11) is 4.90. The normalized spacial score (nSPS) is 11.2. The fourth-order valence-corrected chi connectivity index (χ4v) is 2.96. The van der Waals surface area contributed by atoms with E-state index in [1.807, 2.05) is 31.3 Å². The second kappa shape index (κ2) is 10.3. The zero-order valence-electron chi connectivity index (χ0n) is 18.2. The number of rotatable bonds is 9. The Balaban J connectivity index is 1.78. The number of primary amides is 1. The van der Waals surface area contributed by atoms with Crippen LogP contribution in [-0.2, 0) is 29.6 Å². The molecular weight excluding hydrogens is 410 g/mol. The van der Waals surface area contributed by atoms with Crippen LogP contribution in [0.3, 0.4) is 0 Å². The van der Waals surface area contributed by atoms with Crippen LogP contribution in [0.4, 0.5) is 0 Å². The molecule has 0 bridgehead atoms. The summed E-state index contributed by atoms with van der Waals surface area (Å²) in [4.78, 5) is 19.8. The first-order valence-electron chi connectivity index (χ1n) is 9.74. The molecule has 0 aliphatic heterocycles. The number of hydrogen-bond donors (Lipinski definition) is 1. The van der Waals surface area contributed by atoms with Crippen LogP contribution in [0.25, 0.3) is 5.70 Å². The number of hydrogen-bond acceptors (Lipinski definition) is 7. The van der Waals surface area contributed by atoms with Crippen LogP contribution in [-0.4, -0.2) is 40.8 Å². The smallest absolute Gasteiger partial charge is 0.224 e. The lowest BCUT2D eigenvalue weighted by Crippen LogP contribution is -2.13. The molecule has 0 atom stereocenters. The van der Waals surface area contributed by atoms with Gasteiger partial charge in [0.25, 0.3) is 0 Å². The molecule has 0 radical (unpaired) electrons. The fourth-order valence-electron chi connectivity index (χ4n) is 2.96. The van der Waals surface area contributed by atoms with Gasteiger partial charge in [0.05, 0.1) is 50.0 Å². The third kappa shape index (κ3) is 5.51. The SMILES string of the molecule is C=C(N=C(OC)c1cnn(C)c1COc1ccc(OC)nc1)c1ccc(CC(N)=O)cc1. The molecule has 0 saturated heterocycles. The Morgan fingerprint density at radius 1 is 1.16 bits per heavy atom. The van der Waals surface area contributed by atoms with E-state index in [0.717, 1.165) is 16.8 Å². The zero-order valence-corrected chi connectivity index (χ0v) is 18.2. The Kier molecular flexibility index (Phi) is 7.22. The average Bonchev–Trinajstić information content (AvgIpc) is 3.16. The molecule has 1 amide bonds. The molecule has 9 nitrogen and oxygen atoms in total. The van der Waals surface area contributed by atoms with E-state index >= 15 is 0 Å². The summed E-state index contributed by atoms with van der Waals surface area (Å²) in [5.41, 5.74) is 8.81. The van der Waals surface area contributed by atoms with Gasteiger partial charge in [-0.1, -0.05) is 30.8 Å². The average molecular weight is 435 g/mol. The number of aryl methyl sites for hydroxylation is 1. The second-order valence-electron chi connectivity index (χ2n) is 6.86. The monoisotopic (exact) mass is 435 g/mol. The number of benzene rings is 1. The van der Waals surface area contributed by atoms with Crippen molar-refractivity contribution in [1.82, 2.24) is 14.8 Å². The molecule has 0 spiro atoms. The van der Waals surface area contributed by atoms with Crippen LogP contribution in [0, 0.1) is 0 Å². The molecule has 0 saturated carbocycles. The number of nitrogens with two attached hydrogens (primary N) is 1. The maximum atomic E-state index is 11.1. The first kappa shape index (κ1) is 22.5. The molecule has 1 aromatic carbocycles. The number of nitrogens with zero attached hydrogens (tertiary/aromatic N) is 4. The summed E-state index contributed by atoms with van der Waals surface area (Å²) in [6, 6.07) is 10.8. The highest BCUT2D eigenvalue weighted by atomic mass is 16.5. The number of amides is 1. The maximum absolute atomic E-state index is 11.1. The highest BCUT2D eigenvalue weighted by Crippen LogP contribution is 2.20. The molecule has 2 heterocycles. The lowest BCUT2D eigenvalue weighted by molar-refractivity contribution is -0.117. The van der Waals surface area contributed by atoms with Crippen LogP contribution < -0.4 is 15.2 Å². The number of aromatic nitrogens is 3. The predicted octanol–water partition coefficient (Wildman–Crippen LogP) is 2.49. The van der Waals surface area contributed by atoms with Gasteiger partial charge in [0, 0.05) is 13.1 Å². The van der Waals surface area contributed by atoms with Crippen LogP contribution in [0.15, 0.2) is 60.4 Å². The van der Waals surface area contributed by atoms with Gasteiger partial charge in [-0.2, -0.15) is 5.10 Å². The third-order valence-corrected chi connectivity index (χ3v) is 4.68. The van der Waals surface area contributed by atoms with Crippen molar-refractivity contribution in [2.24, 2.45) is 17.8 Å². The minimum absolute atomic E-state index is 0.183. The van der Waals surface area contributed by atoms with E-state index in [4.69, 9.17) is 19.9 Å². The number of ether oxygens (including phenoxy) is 3. The summed E-state index contributed by atoms with van der Waals surface area (Å²) in [6.45, 7) is 4.27. The van der Waals surface area contributed by atoms with E-state index in [-0.39, 0.29) is 18.9 Å². The van der Waals surface area contributed by atoms with Crippen molar-refractivity contribution >= 4 is 17.5 Å². The number of carbonyl (C=O) groups excluding carboxylic acids is 1. The molecule has 0 aliphatic carbocycles. The van der Waals surface area contributed by atoms with Gasteiger partial charge in [-0.05, 0) is 17.2 Å². The summed E-state index contributed by atoms with van der Waals surface area (Å²) in [5.74, 6) is 1.08. The minimum atomic E-state index is -0.381. The second-order valence-corrected chi connectivity index (χ2v) is 6.86. The standard InChI is InChI=1S/C23H25N5O4/c1-15(17-7-5-16(6-8-17)11-21(24)29)27-23(31-4)19-13-26-28(2)20(19)14-32-18-9-10-22(30-3)25-12-18/h5-10,12-13H,1,11,14H2,2-4H3,(H2,24,29). The quantitative estimate of drug-likeness (QED) is 0.408. The summed E-state index contributed by atoms with van der Waals surface area (Å²) in [6.07, 6.45) is 3.43. The first-order valence-corrected chi connectivity index (χ1v) is 9.74. The van der Waals surface area contributed by atoms with Crippen molar-refractivity contribution in [3.05, 3.63) is 77.8 Å². The van der Waals surface area contributed by atoms with Crippen molar-refractivity contribution in [2.45, 2.75) is 13.0 Å². The lowest BCUT2D eigenvalue weighted by Gasteiger charge is -2.11. The van der Waals surface area contributed by atoms with Gasteiger partial charge in [0.2, 0.25) is 17.7 Å². The maximum Gasteiger partial charge on any atom is 0.224 e. The van der Waals surface area contributed by atoms with Gasteiger partial charge in [-0.15, -0.1) is 0 Å². The Hall–Kier alpha value is -4.14. The third-order valence-electron chi connectivity index (χ3n) is 4.68. The van der Waals surface area contributed by atoms with E-state index in [1.54, 1.807) is 36.3 Å². The summed E-state index contributed by atoms with van der Waals surface area (Å²) < 4.78 is 18.1. The molecular formula is C23H25N5O4. The topological polar surface area (TPSA) is 114 Å². The first-order chi connectivity index (χ1) is 15.4. The van der Waals surface area contributed by atoms with E-state index < -0.39 is 0 Å². The van der Waals surface area contributed by atoms with E-state index in [9.17, 15) is 4.79 Å². The summed E-state index contributed by atoms with van der Waals surface area (Å²) >= 11 is 0. The van der Waals surface area contributed by atoms with Crippen LogP contribution in [0.5, 0.6) is 11.6 Å². The molecule has 2 N–H and O–H groups in total. The molecule has 0 unspecified atom stereocenters. The predicted molar refractivity (Wildman–Crippen MR) is 120 cm³/mol. The van der Waals surface area contributed by atoms with Crippen LogP contribution in [0.1, 0.15) is 22.4 Å². The van der Waals surface area contributed by atoms with E-state index in [0.29, 0.717) is 28.8 Å².